The fourth-order valence-electron chi connectivity index (χ4n) is 5.30. The summed E-state index contributed by atoms with van der Waals surface area (Å²) in [6.07, 6.45) is 0. The van der Waals surface area contributed by atoms with Gasteiger partial charge in [-0.15, -0.1) is 0 Å². The van der Waals surface area contributed by atoms with Gasteiger partial charge in [0.2, 0.25) is 0 Å². The number of ketones is 1. The first-order valence-corrected chi connectivity index (χ1v) is 13.9. The van der Waals surface area contributed by atoms with Gasteiger partial charge in [0.25, 0.3) is 11.7 Å². The van der Waals surface area contributed by atoms with Crippen molar-refractivity contribution in [3.63, 3.8) is 0 Å². The van der Waals surface area contributed by atoms with Crippen LogP contribution in [0, 0.1) is 13.8 Å². The summed E-state index contributed by atoms with van der Waals surface area (Å²) >= 11 is 0. The van der Waals surface area contributed by atoms with Crippen molar-refractivity contribution in [1.29, 1.82) is 0 Å². The van der Waals surface area contributed by atoms with Gasteiger partial charge in [0.05, 0.1) is 31.9 Å². The molecule has 7 nitrogen and oxygen atoms in total. The van der Waals surface area contributed by atoms with Gasteiger partial charge in [0.1, 0.15) is 11.5 Å². The van der Waals surface area contributed by atoms with Gasteiger partial charge in [-0.05, 0) is 80.6 Å². The Morgan fingerprint density at radius 3 is 2.15 bits per heavy atom. The highest BCUT2D eigenvalue weighted by Crippen LogP contribution is 2.45. The van der Waals surface area contributed by atoms with Crippen molar-refractivity contribution in [3.8, 4) is 17.2 Å². The fraction of sp³-hybridized carbons (Fsp3) is 0.353. The largest absolute Gasteiger partial charge is 0.507 e. The van der Waals surface area contributed by atoms with Crippen LogP contribution in [0.4, 0.5) is 5.69 Å². The monoisotopic (exact) mass is 557 g/mol. The molecule has 0 spiro atoms. The van der Waals surface area contributed by atoms with Gasteiger partial charge in [0, 0.05) is 16.8 Å². The number of aryl methyl sites for hydroxylation is 2. The molecule has 1 aliphatic heterocycles. The smallest absolute Gasteiger partial charge is 0.300 e. The molecule has 3 aromatic carbocycles. The number of carbonyl (C=O) groups excluding carboxylic acids is 2. The van der Waals surface area contributed by atoms with Gasteiger partial charge in [-0.25, -0.2) is 0 Å². The number of amides is 1. The molecule has 4 rings (SSSR count). The van der Waals surface area contributed by atoms with Gasteiger partial charge in [0.15, 0.2) is 11.5 Å². The van der Waals surface area contributed by atoms with Crippen LogP contribution in [-0.4, -0.2) is 37.1 Å². The summed E-state index contributed by atoms with van der Waals surface area (Å²) in [4.78, 5) is 29.0. The molecule has 216 valence electrons. The lowest BCUT2D eigenvalue weighted by molar-refractivity contribution is -0.132. The molecule has 1 N–H and O–H groups in total. The van der Waals surface area contributed by atoms with Crippen molar-refractivity contribution >= 4 is 23.1 Å². The molecular formula is C34H39NO6. The Balaban J connectivity index is 2.00. The van der Waals surface area contributed by atoms with Gasteiger partial charge >= 0.3 is 0 Å². The molecular weight excluding hydrogens is 518 g/mol. The molecule has 3 aromatic rings. The number of benzene rings is 3. The van der Waals surface area contributed by atoms with Gasteiger partial charge in [-0.3, -0.25) is 14.5 Å². The molecule has 1 aliphatic rings. The maximum atomic E-state index is 13.8. The SMILES string of the molecule is CCOc1cc(C2/C(=C(\O)c3ccc(OCC)c(C(C)(C)C)c3)C(=O)C(=O)N2c2ccc(C)cc2C)ccc1OC. The average Bonchev–Trinajstić information content (AvgIpc) is 3.18. The maximum absolute atomic E-state index is 13.8. The Kier molecular flexibility index (Phi) is 8.47. The number of hydrogen-bond acceptors (Lipinski definition) is 6. The van der Waals surface area contributed by atoms with Gasteiger partial charge < -0.3 is 19.3 Å². The van der Waals surface area contributed by atoms with Crippen LogP contribution in [0.5, 0.6) is 17.2 Å². The molecule has 7 heteroatoms. The van der Waals surface area contributed by atoms with Crippen LogP contribution in [-0.2, 0) is 15.0 Å². The van der Waals surface area contributed by atoms with Crippen LogP contribution in [0.2, 0.25) is 0 Å². The first-order valence-electron chi connectivity index (χ1n) is 13.9. The first-order chi connectivity index (χ1) is 19.4. The molecule has 41 heavy (non-hydrogen) atoms. The van der Waals surface area contributed by atoms with E-state index in [1.807, 2.05) is 52.0 Å². The van der Waals surface area contributed by atoms with E-state index >= 15 is 0 Å². The van der Waals surface area contributed by atoms with Crippen LogP contribution < -0.4 is 19.1 Å². The quantitative estimate of drug-likeness (QED) is 0.182. The zero-order chi connectivity index (χ0) is 30.1. The Morgan fingerprint density at radius 1 is 0.878 bits per heavy atom. The number of ether oxygens (including phenoxy) is 3. The topological polar surface area (TPSA) is 85.3 Å². The lowest BCUT2D eigenvalue weighted by Gasteiger charge is -2.28. The Bertz CT molecular complexity index is 1510. The summed E-state index contributed by atoms with van der Waals surface area (Å²) in [5, 5.41) is 11.8. The lowest BCUT2D eigenvalue weighted by atomic mass is 9.84. The summed E-state index contributed by atoms with van der Waals surface area (Å²) < 4.78 is 17.2. The number of nitrogens with zero attached hydrogens (tertiary/aromatic N) is 1. The van der Waals surface area contributed by atoms with Crippen molar-refractivity contribution in [2.45, 2.75) is 59.9 Å². The van der Waals surface area contributed by atoms with Crippen LogP contribution in [0.15, 0.2) is 60.2 Å². The van der Waals surface area contributed by atoms with Gasteiger partial charge in [-0.2, -0.15) is 0 Å². The number of carbonyl (C=O) groups is 2. The number of rotatable bonds is 8. The van der Waals surface area contributed by atoms with E-state index in [4.69, 9.17) is 14.2 Å². The second-order valence-electron chi connectivity index (χ2n) is 11.2. The summed E-state index contributed by atoms with van der Waals surface area (Å²) in [5.74, 6) is 0.00481. The third kappa shape index (κ3) is 5.67. The molecule has 0 bridgehead atoms. The third-order valence-corrected chi connectivity index (χ3v) is 7.22. The van der Waals surface area contributed by atoms with Crippen LogP contribution in [0.3, 0.4) is 0 Å². The van der Waals surface area contributed by atoms with E-state index in [2.05, 4.69) is 20.8 Å². The van der Waals surface area contributed by atoms with Crippen molar-refractivity contribution in [2.75, 3.05) is 25.2 Å². The van der Waals surface area contributed by atoms with E-state index < -0.39 is 17.7 Å². The zero-order valence-corrected chi connectivity index (χ0v) is 25.1. The molecule has 0 saturated carbocycles. The number of methoxy groups -OCH3 is 1. The number of anilines is 1. The van der Waals surface area contributed by atoms with Crippen LogP contribution in [0.25, 0.3) is 5.76 Å². The fourth-order valence-corrected chi connectivity index (χ4v) is 5.30. The van der Waals surface area contributed by atoms with E-state index in [1.54, 1.807) is 37.4 Å². The molecule has 0 aliphatic carbocycles. The predicted octanol–water partition coefficient (Wildman–Crippen LogP) is 7.03. The molecule has 1 unspecified atom stereocenters. The lowest BCUT2D eigenvalue weighted by Crippen LogP contribution is -2.30. The van der Waals surface area contributed by atoms with Gasteiger partial charge in [-0.1, -0.05) is 44.5 Å². The standard InChI is InChI=1S/C34H39NO6/c1-9-40-26-15-13-23(18-24(26)34(5,6)7)31(36)29-30(22-12-16-27(39-8)28(19-22)41-10-2)35(33(38)32(29)37)25-14-11-20(3)17-21(25)4/h11-19,30,36H,9-10H2,1-8H3/b31-29+. The number of hydrogen-bond donors (Lipinski definition) is 1. The Morgan fingerprint density at radius 2 is 1.54 bits per heavy atom. The van der Waals surface area contributed by atoms with Crippen molar-refractivity contribution in [2.24, 2.45) is 0 Å². The number of aliphatic hydroxyl groups is 1. The zero-order valence-electron chi connectivity index (χ0n) is 25.1. The highest BCUT2D eigenvalue weighted by molar-refractivity contribution is 6.51. The third-order valence-electron chi connectivity index (χ3n) is 7.22. The molecule has 0 radical (unpaired) electrons. The molecule has 1 fully saturated rings. The number of aliphatic hydroxyl groups excluding tert-OH is 1. The minimum absolute atomic E-state index is 0.00612. The second-order valence-corrected chi connectivity index (χ2v) is 11.2. The molecule has 1 amide bonds. The summed E-state index contributed by atoms with van der Waals surface area (Å²) in [7, 11) is 1.55. The normalized spacial score (nSPS) is 16.7. The van der Waals surface area contributed by atoms with E-state index in [0.29, 0.717) is 47.3 Å². The van der Waals surface area contributed by atoms with E-state index in [0.717, 1.165) is 16.7 Å². The highest BCUT2D eigenvalue weighted by Gasteiger charge is 2.47. The molecule has 0 aromatic heterocycles. The molecule has 1 heterocycles. The van der Waals surface area contributed by atoms with Crippen molar-refractivity contribution < 1.29 is 28.9 Å². The molecule has 1 atom stereocenters. The van der Waals surface area contributed by atoms with E-state index in [9.17, 15) is 14.7 Å². The maximum Gasteiger partial charge on any atom is 0.300 e. The predicted molar refractivity (Wildman–Crippen MR) is 161 cm³/mol. The average molecular weight is 558 g/mol. The Hall–Kier alpha value is -4.26. The highest BCUT2D eigenvalue weighted by atomic mass is 16.5. The summed E-state index contributed by atoms with van der Waals surface area (Å²) in [5.41, 5.74) is 4.10. The van der Waals surface area contributed by atoms with Crippen molar-refractivity contribution in [3.05, 3.63) is 88.0 Å². The van der Waals surface area contributed by atoms with Crippen LogP contribution >= 0.6 is 0 Å². The Labute approximate surface area is 242 Å². The van der Waals surface area contributed by atoms with E-state index in [-0.39, 0.29) is 16.7 Å². The van der Waals surface area contributed by atoms with E-state index in [1.165, 1.54) is 4.90 Å². The van der Waals surface area contributed by atoms with Crippen molar-refractivity contribution in [1.82, 2.24) is 0 Å². The summed E-state index contributed by atoms with van der Waals surface area (Å²) in [6, 6.07) is 15.5. The minimum Gasteiger partial charge on any atom is -0.507 e. The second kappa shape index (κ2) is 11.7. The number of Topliss-reactive ketones (excluding diaryl/α,β-unsaturated/α-hetero) is 1. The first kappa shape index (κ1) is 29.7. The minimum atomic E-state index is -0.897. The van der Waals surface area contributed by atoms with Crippen LogP contribution in [0.1, 0.15) is 68.5 Å². The molecule has 1 saturated heterocycles. The summed E-state index contributed by atoms with van der Waals surface area (Å²) in [6.45, 7) is 14.7.